The van der Waals surface area contributed by atoms with Gasteiger partial charge in [0.2, 0.25) is 0 Å². The van der Waals surface area contributed by atoms with E-state index in [9.17, 15) is 0 Å². The summed E-state index contributed by atoms with van der Waals surface area (Å²) in [6, 6.07) is 0. The van der Waals surface area contributed by atoms with Gasteiger partial charge in [-0.2, -0.15) is 0 Å². The number of hydrogen-bond donors (Lipinski definition) is 1. The SMILES string of the molecule is CC.CCCCCO.[H-].[K+]. The van der Waals surface area contributed by atoms with Gasteiger partial charge < -0.3 is 6.53 Å². The van der Waals surface area contributed by atoms with E-state index in [-0.39, 0.29) is 52.8 Å². The first-order valence-electron chi connectivity index (χ1n) is 3.52. The fourth-order valence-electron chi connectivity index (χ4n) is 0.362. The number of rotatable bonds is 3. The molecule has 0 atom stereocenters. The molecule has 1 N–H and O–H groups in total. The normalized spacial score (nSPS) is 6.67. The maximum absolute atomic E-state index is 8.20. The zero-order valence-electron chi connectivity index (χ0n) is 8.28. The van der Waals surface area contributed by atoms with Gasteiger partial charge in [-0.1, -0.05) is 33.6 Å². The van der Waals surface area contributed by atoms with Crippen molar-refractivity contribution in [3.8, 4) is 0 Å². The summed E-state index contributed by atoms with van der Waals surface area (Å²) in [7, 11) is 0. The van der Waals surface area contributed by atoms with Crippen molar-refractivity contribution < 1.29 is 57.9 Å². The average molecular weight is 158 g/mol. The van der Waals surface area contributed by atoms with Crippen LogP contribution < -0.4 is 51.4 Å². The molecule has 0 saturated carbocycles. The third-order valence-electron chi connectivity index (χ3n) is 0.762. The molecule has 0 saturated heterocycles. The van der Waals surface area contributed by atoms with Crippen molar-refractivity contribution in [3.05, 3.63) is 0 Å². The van der Waals surface area contributed by atoms with Crippen molar-refractivity contribution in [2.75, 3.05) is 6.61 Å². The topological polar surface area (TPSA) is 20.2 Å². The molecule has 9 heavy (non-hydrogen) atoms. The second-order valence-corrected chi connectivity index (χ2v) is 1.43. The van der Waals surface area contributed by atoms with Gasteiger partial charge in [0, 0.05) is 6.61 Å². The maximum Gasteiger partial charge on any atom is 1.00 e. The Labute approximate surface area is 103 Å². The Morgan fingerprint density at radius 1 is 1.22 bits per heavy atom. The van der Waals surface area contributed by atoms with E-state index in [0.717, 1.165) is 12.8 Å². The summed E-state index contributed by atoms with van der Waals surface area (Å²) in [6.07, 6.45) is 3.33. The molecule has 0 rings (SSSR count). The summed E-state index contributed by atoms with van der Waals surface area (Å²) in [5, 5.41) is 8.20. The van der Waals surface area contributed by atoms with E-state index < -0.39 is 0 Å². The van der Waals surface area contributed by atoms with Gasteiger partial charge in [-0.25, -0.2) is 0 Å². The predicted octanol–water partition coefficient (Wildman–Crippen LogP) is -0.688. The number of hydrogen-bond acceptors (Lipinski definition) is 1. The number of aliphatic hydroxyl groups excluding tert-OH is 1. The fraction of sp³-hybridized carbons (Fsp3) is 1.00. The molecule has 0 aromatic heterocycles. The third-order valence-corrected chi connectivity index (χ3v) is 0.762. The molecule has 0 aliphatic rings. The molecule has 0 amide bonds. The van der Waals surface area contributed by atoms with Crippen LogP contribution in [0, 0.1) is 0 Å². The fourth-order valence-corrected chi connectivity index (χ4v) is 0.362. The molecular formula is C7H19KO. The zero-order valence-corrected chi connectivity index (χ0v) is 10.4. The van der Waals surface area contributed by atoms with Crippen LogP contribution in [0.25, 0.3) is 0 Å². The van der Waals surface area contributed by atoms with Gasteiger partial charge in [0.1, 0.15) is 0 Å². The first-order chi connectivity index (χ1) is 3.91. The summed E-state index contributed by atoms with van der Waals surface area (Å²) < 4.78 is 0. The molecule has 0 spiro atoms. The summed E-state index contributed by atoms with van der Waals surface area (Å²) in [4.78, 5) is 0. The van der Waals surface area contributed by atoms with Crippen molar-refractivity contribution in [1.82, 2.24) is 0 Å². The monoisotopic (exact) mass is 158 g/mol. The van der Waals surface area contributed by atoms with E-state index in [1.54, 1.807) is 0 Å². The minimum atomic E-state index is 0. The Bertz CT molecular complexity index is 25.6. The van der Waals surface area contributed by atoms with Crippen LogP contribution in [0.4, 0.5) is 0 Å². The average Bonchev–Trinajstić information content (AvgIpc) is 1.88. The second-order valence-electron chi connectivity index (χ2n) is 1.43. The summed E-state index contributed by atoms with van der Waals surface area (Å²) >= 11 is 0. The van der Waals surface area contributed by atoms with Crippen molar-refractivity contribution in [1.29, 1.82) is 0 Å². The van der Waals surface area contributed by atoms with Gasteiger partial charge >= 0.3 is 51.4 Å². The van der Waals surface area contributed by atoms with Gasteiger partial charge in [0.25, 0.3) is 0 Å². The van der Waals surface area contributed by atoms with Crippen molar-refractivity contribution in [3.63, 3.8) is 0 Å². The second kappa shape index (κ2) is 22.6. The Kier molecular flexibility index (Phi) is 42.5. The zero-order chi connectivity index (χ0) is 6.83. The van der Waals surface area contributed by atoms with Crippen molar-refractivity contribution >= 4 is 0 Å². The standard InChI is InChI=1S/C5H12O.C2H6.K.H/c1-2-3-4-5-6;1-2;;/h6H,2-5H2,1H3;1-2H3;;/q;;+1;-1. The molecule has 54 valence electrons. The summed E-state index contributed by atoms with van der Waals surface area (Å²) in [5.74, 6) is 0. The summed E-state index contributed by atoms with van der Waals surface area (Å²) in [6.45, 7) is 6.48. The van der Waals surface area contributed by atoms with Gasteiger partial charge in [0.05, 0.1) is 0 Å². The Morgan fingerprint density at radius 3 is 1.78 bits per heavy atom. The first-order valence-corrected chi connectivity index (χ1v) is 3.52. The first kappa shape index (κ1) is 16.9. The molecule has 0 fully saturated rings. The van der Waals surface area contributed by atoms with E-state index in [1.165, 1.54) is 6.42 Å². The van der Waals surface area contributed by atoms with E-state index in [2.05, 4.69) is 6.92 Å². The molecule has 0 heterocycles. The largest absolute Gasteiger partial charge is 1.00 e. The Balaban J connectivity index is -0.0000000412. The van der Waals surface area contributed by atoms with E-state index in [4.69, 9.17) is 5.11 Å². The minimum Gasteiger partial charge on any atom is -1.00 e. The van der Waals surface area contributed by atoms with Crippen LogP contribution in [0.5, 0.6) is 0 Å². The Hall–Kier alpha value is 1.60. The van der Waals surface area contributed by atoms with E-state index >= 15 is 0 Å². The van der Waals surface area contributed by atoms with Crippen LogP contribution in [0.3, 0.4) is 0 Å². The summed E-state index contributed by atoms with van der Waals surface area (Å²) in [5.41, 5.74) is 0. The van der Waals surface area contributed by atoms with E-state index in [1.807, 2.05) is 13.8 Å². The van der Waals surface area contributed by atoms with Crippen LogP contribution in [-0.4, -0.2) is 11.7 Å². The maximum atomic E-state index is 8.20. The van der Waals surface area contributed by atoms with Crippen LogP contribution in [0.2, 0.25) is 0 Å². The molecule has 0 radical (unpaired) electrons. The van der Waals surface area contributed by atoms with Crippen LogP contribution in [-0.2, 0) is 0 Å². The number of unbranched alkanes of at least 4 members (excludes halogenated alkanes) is 2. The van der Waals surface area contributed by atoms with Gasteiger partial charge in [0.15, 0.2) is 0 Å². The molecule has 0 aliphatic heterocycles. The molecule has 0 aromatic carbocycles. The minimum absolute atomic E-state index is 0. The smallest absolute Gasteiger partial charge is 1.00 e. The molecule has 0 unspecified atom stereocenters. The van der Waals surface area contributed by atoms with Gasteiger partial charge in [-0.05, 0) is 6.42 Å². The Morgan fingerprint density at radius 2 is 1.67 bits per heavy atom. The van der Waals surface area contributed by atoms with Crippen LogP contribution >= 0.6 is 0 Å². The molecule has 1 nitrogen and oxygen atoms in total. The number of aliphatic hydroxyl groups is 1. The molecule has 0 aromatic rings. The van der Waals surface area contributed by atoms with Crippen molar-refractivity contribution in [2.24, 2.45) is 0 Å². The molecule has 2 heteroatoms. The van der Waals surface area contributed by atoms with Crippen LogP contribution in [0.15, 0.2) is 0 Å². The molecule has 0 aliphatic carbocycles. The van der Waals surface area contributed by atoms with Crippen molar-refractivity contribution in [2.45, 2.75) is 40.0 Å². The third kappa shape index (κ3) is 26.2. The van der Waals surface area contributed by atoms with E-state index in [0.29, 0.717) is 6.61 Å². The predicted molar refractivity (Wildman–Crippen MR) is 39.1 cm³/mol. The van der Waals surface area contributed by atoms with Crippen LogP contribution in [0.1, 0.15) is 41.5 Å². The van der Waals surface area contributed by atoms with Gasteiger partial charge in [-0.15, -0.1) is 0 Å². The quantitative estimate of drug-likeness (QED) is 0.426. The molecular weight excluding hydrogens is 139 g/mol. The molecule has 0 bridgehead atoms. The van der Waals surface area contributed by atoms with Gasteiger partial charge in [-0.3, -0.25) is 0 Å².